The zero-order chi connectivity index (χ0) is 15.0. The minimum atomic E-state index is -3.53. The van der Waals surface area contributed by atoms with Crippen molar-refractivity contribution in [3.63, 3.8) is 0 Å². The number of sulfonamides is 1. The topological polar surface area (TPSA) is 72.6 Å². The maximum atomic E-state index is 12.9. The van der Waals surface area contributed by atoms with Crippen molar-refractivity contribution in [2.45, 2.75) is 31.1 Å². The first-order valence-corrected chi connectivity index (χ1v) is 8.99. The third-order valence-corrected chi connectivity index (χ3v) is 6.43. The molecule has 5 nitrogen and oxygen atoms in total. The normalized spacial score (nSPS) is 26.0. The molecule has 1 saturated heterocycles. The number of anilines is 1. The first kappa shape index (κ1) is 14.7. The van der Waals surface area contributed by atoms with E-state index in [-0.39, 0.29) is 4.90 Å². The standard InChI is InChI=1S/C15H22N2O3S/c1-2-20-14-7-6-13(16)8-15(14)21(18,19)17-9-11-4-3-5-12(11)10-17/h6-8,11-12H,2-5,9-10,16H2,1H3. The van der Waals surface area contributed by atoms with Crippen LogP contribution in [0.3, 0.4) is 0 Å². The molecule has 1 aromatic rings. The third kappa shape index (κ3) is 2.62. The summed E-state index contributed by atoms with van der Waals surface area (Å²) in [5, 5.41) is 0. The molecule has 1 aliphatic heterocycles. The number of rotatable bonds is 4. The van der Waals surface area contributed by atoms with Gasteiger partial charge in [0.15, 0.2) is 0 Å². The van der Waals surface area contributed by atoms with Crippen molar-refractivity contribution in [2.24, 2.45) is 11.8 Å². The van der Waals surface area contributed by atoms with Gasteiger partial charge in [-0.25, -0.2) is 8.42 Å². The molecular weight excluding hydrogens is 288 g/mol. The molecule has 3 rings (SSSR count). The van der Waals surface area contributed by atoms with Crippen LogP contribution in [0.2, 0.25) is 0 Å². The lowest BCUT2D eigenvalue weighted by molar-refractivity contribution is 0.329. The Bertz CT molecular complexity index is 618. The third-order valence-electron chi connectivity index (χ3n) is 4.58. The van der Waals surface area contributed by atoms with Crippen molar-refractivity contribution in [1.82, 2.24) is 4.31 Å². The Morgan fingerprint density at radius 1 is 1.29 bits per heavy atom. The van der Waals surface area contributed by atoms with E-state index in [0.29, 0.717) is 43.0 Å². The molecule has 2 N–H and O–H groups in total. The number of benzene rings is 1. The first-order chi connectivity index (χ1) is 10.0. The Kier molecular flexibility index (Phi) is 3.84. The Labute approximate surface area is 126 Å². The predicted octanol–water partition coefficient (Wildman–Crippen LogP) is 2.09. The van der Waals surface area contributed by atoms with Gasteiger partial charge in [-0.05, 0) is 49.8 Å². The summed E-state index contributed by atoms with van der Waals surface area (Å²) in [7, 11) is -3.53. The lowest BCUT2D eigenvalue weighted by atomic mass is 10.0. The van der Waals surface area contributed by atoms with Gasteiger partial charge >= 0.3 is 0 Å². The first-order valence-electron chi connectivity index (χ1n) is 7.55. The minimum Gasteiger partial charge on any atom is -0.492 e. The second-order valence-corrected chi connectivity index (χ2v) is 7.82. The van der Waals surface area contributed by atoms with E-state index in [0.717, 1.165) is 12.8 Å². The van der Waals surface area contributed by atoms with E-state index in [2.05, 4.69) is 0 Å². The number of nitrogen functional groups attached to an aromatic ring is 1. The van der Waals surface area contributed by atoms with Crippen LogP contribution in [0.1, 0.15) is 26.2 Å². The molecule has 0 radical (unpaired) electrons. The number of nitrogens with two attached hydrogens (primary N) is 1. The monoisotopic (exact) mass is 310 g/mol. The molecule has 6 heteroatoms. The lowest BCUT2D eigenvalue weighted by Crippen LogP contribution is -2.30. The van der Waals surface area contributed by atoms with E-state index in [4.69, 9.17) is 10.5 Å². The number of nitrogens with zero attached hydrogens (tertiary/aromatic N) is 1. The van der Waals surface area contributed by atoms with Crippen LogP contribution >= 0.6 is 0 Å². The summed E-state index contributed by atoms with van der Waals surface area (Å²) in [6.45, 7) is 3.53. The molecule has 2 aliphatic rings. The fraction of sp³-hybridized carbons (Fsp3) is 0.600. The highest BCUT2D eigenvalue weighted by molar-refractivity contribution is 7.89. The van der Waals surface area contributed by atoms with Crippen LogP contribution in [0.4, 0.5) is 5.69 Å². The quantitative estimate of drug-likeness (QED) is 0.864. The van der Waals surface area contributed by atoms with E-state index < -0.39 is 10.0 Å². The number of ether oxygens (including phenoxy) is 1. The van der Waals surface area contributed by atoms with Crippen molar-refractivity contribution in [3.8, 4) is 5.75 Å². The van der Waals surface area contributed by atoms with Gasteiger partial charge in [-0.3, -0.25) is 0 Å². The van der Waals surface area contributed by atoms with Gasteiger partial charge in [-0.2, -0.15) is 4.31 Å². The van der Waals surface area contributed by atoms with Gasteiger partial charge in [0, 0.05) is 18.8 Å². The van der Waals surface area contributed by atoms with Crippen LogP contribution in [0.5, 0.6) is 5.75 Å². The number of hydrogen-bond donors (Lipinski definition) is 1. The van der Waals surface area contributed by atoms with Gasteiger partial charge in [-0.15, -0.1) is 0 Å². The molecule has 1 aliphatic carbocycles. The van der Waals surface area contributed by atoms with Crippen LogP contribution < -0.4 is 10.5 Å². The smallest absolute Gasteiger partial charge is 0.246 e. The van der Waals surface area contributed by atoms with Crippen molar-refractivity contribution in [1.29, 1.82) is 0 Å². The maximum Gasteiger partial charge on any atom is 0.246 e. The summed E-state index contributed by atoms with van der Waals surface area (Å²) in [6.07, 6.45) is 3.52. The van der Waals surface area contributed by atoms with Crippen molar-refractivity contribution >= 4 is 15.7 Å². The second kappa shape index (κ2) is 5.50. The molecule has 0 spiro atoms. The molecular formula is C15H22N2O3S. The SMILES string of the molecule is CCOc1ccc(N)cc1S(=O)(=O)N1CC2CCCC2C1. The van der Waals surface area contributed by atoms with E-state index in [1.165, 1.54) is 12.5 Å². The molecule has 2 fully saturated rings. The molecule has 1 saturated carbocycles. The average molecular weight is 310 g/mol. The van der Waals surface area contributed by atoms with Gasteiger partial charge in [0.05, 0.1) is 6.61 Å². The van der Waals surface area contributed by atoms with Crippen LogP contribution in [-0.4, -0.2) is 32.4 Å². The van der Waals surface area contributed by atoms with E-state index in [9.17, 15) is 8.42 Å². The van der Waals surface area contributed by atoms with Gasteiger partial charge < -0.3 is 10.5 Å². The maximum absolute atomic E-state index is 12.9. The molecule has 1 aromatic carbocycles. The van der Waals surface area contributed by atoms with Crippen LogP contribution in [0, 0.1) is 11.8 Å². The molecule has 0 bridgehead atoms. The summed E-state index contributed by atoms with van der Waals surface area (Å²) >= 11 is 0. The molecule has 0 amide bonds. The van der Waals surface area contributed by atoms with Gasteiger partial charge in [0.25, 0.3) is 0 Å². The summed E-state index contributed by atoms with van der Waals surface area (Å²) in [6, 6.07) is 4.82. The van der Waals surface area contributed by atoms with Crippen LogP contribution in [0.15, 0.2) is 23.1 Å². The highest BCUT2D eigenvalue weighted by Gasteiger charge is 2.42. The van der Waals surface area contributed by atoms with Crippen molar-refractivity contribution < 1.29 is 13.2 Å². The van der Waals surface area contributed by atoms with Gasteiger partial charge in [0.1, 0.15) is 10.6 Å². The molecule has 2 unspecified atom stereocenters. The fourth-order valence-electron chi connectivity index (χ4n) is 3.53. The molecule has 0 aromatic heterocycles. The summed E-state index contributed by atoms with van der Waals surface area (Å²) < 4.78 is 32.9. The fourth-order valence-corrected chi connectivity index (χ4v) is 5.25. The van der Waals surface area contributed by atoms with E-state index in [1.807, 2.05) is 6.92 Å². The predicted molar refractivity (Wildman–Crippen MR) is 81.6 cm³/mol. The highest BCUT2D eigenvalue weighted by Crippen LogP contribution is 2.41. The largest absolute Gasteiger partial charge is 0.492 e. The molecule has 1 heterocycles. The Morgan fingerprint density at radius 2 is 1.95 bits per heavy atom. The highest BCUT2D eigenvalue weighted by atomic mass is 32.2. The summed E-state index contributed by atoms with van der Waals surface area (Å²) in [4.78, 5) is 0.198. The van der Waals surface area contributed by atoms with Crippen LogP contribution in [-0.2, 0) is 10.0 Å². The van der Waals surface area contributed by atoms with Crippen molar-refractivity contribution in [2.75, 3.05) is 25.4 Å². The second-order valence-electron chi connectivity index (χ2n) is 5.91. The van der Waals surface area contributed by atoms with E-state index >= 15 is 0 Å². The molecule has 2 atom stereocenters. The molecule has 116 valence electrons. The number of fused-ring (bicyclic) bond motifs is 1. The van der Waals surface area contributed by atoms with Crippen LogP contribution in [0.25, 0.3) is 0 Å². The summed E-state index contributed by atoms with van der Waals surface area (Å²) in [5.41, 5.74) is 6.21. The Hall–Kier alpha value is -1.27. The Balaban J connectivity index is 1.93. The zero-order valence-corrected chi connectivity index (χ0v) is 13.1. The summed E-state index contributed by atoms with van der Waals surface area (Å²) in [5.74, 6) is 1.44. The van der Waals surface area contributed by atoms with Gasteiger partial charge in [0.2, 0.25) is 10.0 Å². The lowest BCUT2D eigenvalue weighted by Gasteiger charge is -2.19. The zero-order valence-electron chi connectivity index (χ0n) is 12.3. The number of hydrogen-bond acceptors (Lipinski definition) is 4. The minimum absolute atomic E-state index is 0.198. The Morgan fingerprint density at radius 3 is 2.57 bits per heavy atom. The molecule has 21 heavy (non-hydrogen) atoms. The average Bonchev–Trinajstić information content (AvgIpc) is 3.02. The van der Waals surface area contributed by atoms with E-state index in [1.54, 1.807) is 16.4 Å². The van der Waals surface area contributed by atoms with Crippen molar-refractivity contribution in [3.05, 3.63) is 18.2 Å². The van der Waals surface area contributed by atoms with Gasteiger partial charge in [-0.1, -0.05) is 6.42 Å².